The lowest BCUT2D eigenvalue weighted by Gasteiger charge is -2.07. The molecule has 0 aliphatic heterocycles. The third-order valence-corrected chi connectivity index (χ3v) is 2.57. The number of aliphatic hydroxyl groups excluding tert-OH is 1. The van der Waals surface area contributed by atoms with Crippen LogP contribution in [0.1, 0.15) is 38.2 Å². The first kappa shape index (κ1) is 15.2. The summed E-state index contributed by atoms with van der Waals surface area (Å²) in [5.74, 6) is 4.54. The van der Waals surface area contributed by atoms with Crippen molar-refractivity contribution < 1.29 is 14.3 Å². The minimum Gasteiger partial charge on any atom is -0.384 e. The second-order valence-electron chi connectivity index (χ2n) is 4.16. The predicted molar refractivity (Wildman–Crippen MR) is 73.1 cm³/mol. The van der Waals surface area contributed by atoms with Gasteiger partial charge in [0.25, 0.3) is 0 Å². The molecule has 4 heteroatoms. The highest BCUT2D eigenvalue weighted by molar-refractivity contribution is 5.92. The van der Waals surface area contributed by atoms with E-state index in [9.17, 15) is 9.18 Å². The molecule has 0 aliphatic rings. The van der Waals surface area contributed by atoms with Crippen molar-refractivity contribution in [3.8, 4) is 11.8 Å². The Morgan fingerprint density at radius 1 is 1.42 bits per heavy atom. The molecule has 0 unspecified atom stereocenters. The third-order valence-electron chi connectivity index (χ3n) is 2.57. The van der Waals surface area contributed by atoms with E-state index in [0.717, 1.165) is 19.3 Å². The zero-order chi connectivity index (χ0) is 14.1. The summed E-state index contributed by atoms with van der Waals surface area (Å²) in [6.45, 7) is 1.76. The SMILES string of the molecule is CCCCCC(=O)Nc1ccc(F)cc1C#CCO. The molecule has 1 rings (SSSR count). The van der Waals surface area contributed by atoms with Crippen molar-refractivity contribution in [1.29, 1.82) is 0 Å². The average molecular weight is 263 g/mol. The molecule has 3 nitrogen and oxygen atoms in total. The van der Waals surface area contributed by atoms with Crippen LogP contribution in [-0.4, -0.2) is 17.6 Å². The van der Waals surface area contributed by atoms with E-state index in [1.165, 1.54) is 18.2 Å². The van der Waals surface area contributed by atoms with Crippen molar-refractivity contribution in [3.05, 3.63) is 29.6 Å². The zero-order valence-corrected chi connectivity index (χ0v) is 11.0. The monoisotopic (exact) mass is 263 g/mol. The molecule has 1 aromatic carbocycles. The summed E-state index contributed by atoms with van der Waals surface area (Å²) in [5.41, 5.74) is 0.849. The van der Waals surface area contributed by atoms with E-state index in [2.05, 4.69) is 24.1 Å². The molecule has 0 spiro atoms. The number of rotatable bonds is 5. The van der Waals surface area contributed by atoms with Crippen molar-refractivity contribution in [2.45, 2.75) is 32.6 Å². The maximum atomic E-state index is 13.1. The van der Waals surface area contributed by atoms with Crippen LogP contribution in [0.25, 0.3) is 0 Å². The molecule has 0 radical (unpaired) electrons. The summed E-state index contributed by atoms with van der Waals surface area (Å²) in [7, 11) is 0. The van der Waals surface area contributed by atoms with Crippen LogP contribution in [0.3, 0.4) is 0 Å². The molecule has 0 heterocycles. The molecule has 102 valence electrons. The van der Waals surface area contributed by atoms with E-state index in [-0.39, 0.29) is 12.5 Å². The van der Waals surface area contributed by atoms with Crippen molar-refractivity contribution >= 4 is 11.6 Å². The number of hydrogen-bond donors (Lipinski definition) is 2. The molecule has 0 saturated heterocycles. The largest absolute Gasteiger partial charge is 0.384 e. The van der Waals surface area contributed by atoms with Gasteiger partial charge in [0.05, 0.1) is 11.3 Å². The van der Waals surface area contributed by atoms with Gasteiger partial charge in [0, 0.05) is 6.42 Å². The molecule has 2 N–H and O–H groups in total. The predicted octanol–water partition coefficient (Wildman–Crippen LogP) is 2.69. The van der Waals surface area contributed by atoms with Gasteiger partial charge >= 0.3 is 0 Å². The second-order valence-corrected chi connectivity index (χ2v) is 4.16. The third kappa shape index (κ3) is 5.54. The highest BCUT2D eigenvalue weighted by Gasteiger charge is 2.06. The summed E-state index contributed by atoms with van der Waals surface area (Å²) in [6, 6.07) is 3.99. The van der Waals surface area contributed by atoms with Gasteiger partial charge in [-0.1, -0.05) is 31.6 Å². The zero-order valence-electron chi connectivity index (χ0n) is 11.0. The van der Waals surface area contributed by atoms with E-state index in [4.69, 9.17) is 5.11 Å². The van der Waals surface area contributed by atoms with Gasteiger partial charge in [-0.05, 0) is 24.6 Å². The van der Waals surface area contributed by atoms with Crippen LogP contribution in [0.15, 0.2) is 18.2 Å². The summed E-state index contributed by atoms with van der Waals surface area (Å²) in [5, 5.41) is 11.4. The second kappa shape index (κ2) is 8.28. The van der Waals surface area contributed by atoms with Gasteiger partial charge < -0.3 is 10.4 Å². The van der Waals surface area contributed by atoms with Crippen LogP contribution in [-0.2, 0) is 4.79 Å². The molecule has 0 fully saturated rings. The Morgan fingerprint density at radius 3 is 2.89 bits per heavy atom. The first-order chi connectivity index (χ1) is 9.17. The Morgan fingerprint density at radius 2 is 2.21 bits per heavy atom. The number of aliphatic hydroxyl groups is 1. The van der Waals surface area contributed by atoms with E-state index in [1.807, 2.05) is 0 Å². The first-order valence-electron chi connectivity index (χ1n) is 6.36. The van der Waals surface area contributed by atoms with Crippen molar-refractivity contribution in [1.82, 2.24) is 0 Å². The number of benzene rings is 1. The lowest BCUT2D eigenvalue weighted by atomic mass is 10.1. The number of anilines is 1. The summed E-state index contributed by atoms with van der Waals surface area (Å²) in [6.07, 6.45) is 3.34. The molecule has 19 heavy (non-hydrogen) atoms. The minimum absolute atomic E-state index is 0.105. The number of carbonyl (C=O) groups excluding carboxylic acids is 1. The summed E-state index contributed by atoms with van der Waals surface area (Å²) < 4.78 is 13.1. The highest BCUT2D eigenvalue weighted by atomic mass is 19.1. The fourth-order valence-corrected chi connectivity index (χ4v) is 1.61. The Hall–Kier alpha value is -1.86. The number of hydrogen-bond acceptors (Lipinski definition) is 2. The van der Waals surface area contributed by atoms with Gasteiger partial charge in [0.15, 0.2) is 0 Å². The standard InChI is InChI=1S/C15H18FNO2/c1-2-3-4-7-15(19)17-14-9-8-13(16)11-12(14)6-5-10-18/h8-9,11,18H,2-4,7,10H2,1H3,(H,17,19). The summed E-state index contributed by atoms with van der Waals surface area (Å²) in [4.78, 5) is 11.7. The van der Waals surface area contributed by atoms with Crippen LogP contribution < -0.4 is 5.32 Å². The number of amides is 1. The van der Waals surface area contributed by atoms with Gasteiger partial charge in [-0.3, -0.25) is 4.79 Å². The Bertz CT molecular complexity index is 489. The number of nitrogens with one attached hydrogen (secondary N) is 1. The number of halogens is 1. The summed E-state index contributed by atoms with van der Waals surface area (Å²) >= 11 is 0. The van der Waals surface area contributed by atoms with Crippen LogP contribution in [0.2, 0.25) is 0 Å². The molecule has 0 saturated carbocycles. The van der Waals surface area contributed by atoms with Crippen molar-refractivity contribution in [2.75, 3.05) is 11.9 Å². The Kier molecular flexibility index (Phi) is 6.62. The Balaban J connectivity index is 2.74. The minimum atomic E-state index is -0.425. The van der Waals surface area contributed by atoms with Crippen LogP contribution in [0.4, 0.5) is 10.1 Å². The lowest BCUT2D eigenvalue weighted by molar-refractivity contribution is -0.116. The van der Waals surface area contributed by atoms with Crippen LogP contribution >= 0.6 is 0 Å². The first-order valence-corrected chi connectivity index (χ1v) is 6.36. The van der Waals surface area contributed by atoms with Gasteiger partial charge in [-0.25, -0.2) is 4.39 Å². The number of unbranched alkanes of at least 4 members (excludes halogenated alkanes) is 2. The van der Waals surface area contributed by atoms with Gasteiger partial charge in [-0.2, -0.15) is 0 Å². The molecule has 0 aromatic heterocycles. The smallest absolute Gasteiger partial charge is 0.224 e. The van der Waals surface area contributed by atoms with Crippen LogP contribution in [0, 0.1) is 17.7 Å². The normalized spacial score (nSPS) is 9.63. The van der Waals surface area contributed by atoms with Gasteiger partial charge in [0.2, 0.25) is 5.91 Å². The molecular formula is C15H18FNO2. The molecule has 0 bridgehead atoms. The Labute approximate surface area is 112 Å². The lowest BCUT2D eigenvalue weighted by Crippen LogP contribution is -2.12. The van der Waals surface area contributed by atoms with Gasteiger partial charge in [0.1, 0.15) is 12.4 Å². The van der Waals surface area contributed by atoms with E-state index in [0.29, 0.717) is 17.7 Å². The average Bonchev–Trinajstić information content (AvgIpc) is 2.39. The fourth-order valence-electron chi connectivity index (χ4n) is 1.61. The maximum Gasteiger partial charge on any atom is 0.224 e. The fraction of sp³-hybridized carbons (Fsp3) is 0.400. The molecular weight excluding hydrogens is 245 g/mol. The quantitative estimate of drug-likeness (QED) is 0.634. The van der Waals surface area contributed by atoms with Crippen molar-refractivity contribution in [2.24, 2.45) is 0 Å². The maximum absolute atomic E-state index is 13.1. The van der Waals surface area contributed by atoms with E-state index >= 15 is 0 Å². The van der Waals surface area contributed by atoms with Crippen molar-refractivity contribution in [3.63, 3.8) is 0 Å². The molecule has 1 amide bonds. The molecule has 0 atom stereocenters. The highest BCUT2D eigenvalue weighted by Crippen LogP contribution is 2.16. The topological polar surface area (TPSA) is 49.3 Å². The molecule has 0 aliphatic carbocycles. The van der Waals surface area contributed by atoms with E-state index < -0.39 is 5.82 Å². The molecule has 1 aromatic rings. The van der Waals surface area contributed by atoms with Gasteiger partial charge in [-0.15, -0.1) is 0 Å². The van der Waals surface area contributed by atoms with Crippen LogP contribution in [0.5, 0.6) is 0 Å². The number of carbonyl (C=O) groups is 1. The van der Waals surface area contributed by atoms with E-state index in [1.54, 1.807) is 0 Å².